The van der Waals surface area contributed by atoms with E-state index < -0.39 is 0 Å². The quantitative estimate of drug-likeness (QED) is 0.685. The second-order valence-corrected chi connectivity index (χ2v) is 6.30. The van der Waals surface area contributed by atoms with E-state index in [-0.39, 0.29) is 0 Å². The van der Waals surface area contributed by atoms with Gasteiger partial charge in [0.25, 0.3) is 0 Å². The Kier molecular flexibility index (Phi) is 3.78. The van der Waals surface area contributed by atoms with E-state index in [4.69, 9.17) is 4.98 Å². The number of rotatable bonds is 3. The van der Waals surface area contributed by atoms with E-state index in [2.05, 4.69) is 43.7 Å². The number of piperazine rings is 1. The van der Waals surface area contributed by atoms with Gasteiger partial charge in [-0.3, -0.25) is 5.10 Å². The average molecular weight is 323 g/mol. The number of nitrogens with one attached hydrogen (secondary N) is 3. The molecule has 1 aromatic carbocycles. The van der Waals surface area contributed by atoms with Gasteiger partial charge in [0.15, 0.2) is 0 Å². The van der Waals surface area contributed by atoms with Crippen LogP contribution in [0.3, 0.4) is 0 Å². The number of H-pyrrole nitrogens is 1. The van der Waals surface area contributed by atoms with Gasteiger partial charge in [-0.25, -0.2) is 4.98 Å². The molecule has 3 N–H and O–H groups in total. The second kappa shape index (κ2) is 6.09. The summed E-state index contributed by atoms with van der Waals surface area (Å²) in [5.74, 6) is 1.62. The number of nitrogens with zero attached hydrogens (tertiary/aromatic N) is 4. The highest BCUT2D eigenvalue weighted by Crippen LogP contribution is 2.23. The maximum Gasteiger partial charge on any atom is 0.227 e. The molecule has 0 radical (unpaired) electrons. The Bertz CT molecular complexity index is 857. The summed E-state index contributed by atoms with van der Waals surface area (Å²) < 4.78 is 0. The molecule has 7 heteroatoms. The lowest BCUT2D eigenvalue weighted by Crippen LogP contribution is -2.49. The lowest BCUT2D eigenvalue weighted by atomic mass is 10.2. The van der Waals surface area contributed by atoms with Gasteiger partial charge in [0.1, 0.15) is 5.82 Å². The van der Waals surface area contributed by atoms with Crippen LogP contribution < -0.4 is 15.5 Å². The van der Waals surface area contributed by atoms with Crippen LogP contribution in [0.25, 0.3) is 10.9 Å². The molecular formula is C17H21N7. The second-order valence-electron chi connectivity index (χ2n) is 6.30. The number of hydrogen-bond donors (Lipinski definition) is 3. The predicted octanol–water partition coefficient (Wildman–Crippen LogP) is 2.20. The van der Waals surface area contributed by atoms with Gasteiger partial charge >= 0.3 is 0 Å². The van der Waals surface area contributed by atoms with Gasteiger partial charge in [0.05, 0.1) is 11.7 Å². The van der Waals surface area contributed by atoms with Crippen molar-refractivity contribution in [3.8, 4) is 0 Å². The van der Waals surface area contributed by atoms with Crippen molar-refractivity contribution in [1.29, 1.82) is 0 Å². The molecule has 1 saturated heterocycles. The standard InChI is InChI=1S/C17H21N7/c1-11-8-19-17(24-6-5-18-12(2)10-24)22-16(11)21-14-3-4-15-13(7-14)9-20-23-15/h3-4,7-9,12,18H,5-6,10H2,1-2H3,(H,20,23)(H,19,21,22). The number of aromatic amines is 1. The summed E-state index contributed by atoms with van der Waals surface area (Å²) in [7, 11) is 0. The molecule has 0 amide bonds. The minimum absolute atomic E-state index is 0.448. The fraction of sp³-hybridized carbons (Fsp3) is 0.353. The van der Waals surface area contributed by atoms with Crippen molar-refractivity contribution >= 4 is 28.4 Å². The zero-order valence-electron chi connectivity index (χ0n) is 13.9. The molecule has 2 aromatic heterocycles. The summed E-state index contributed by atoms with van der Waals surface area (Å²) in [5.41, 5.74) is 3.04. The lowest BCUT2D eigenvalue weighted by molar-refractivity contribution is 0.479. The van der Waals surface area contributed by atoms with Gasteiger partial charge in [-0.2, -0.15) is 10.1 Å². The Hall–Kier alpha value is -2.67. The van der Waals surface area contributed by atoms with E-state index in [1.165, 1.54) is 0 Å². The molecule has 0 aliphatic carbocycles. The Labute approximate surface area is 140 Å². The summed E-state index contributed by atoms with van der Waals surface area (Å²) >= 11 is 0. The zero-order chi connectivity index (χ0) is 16.5. The number of aryl methyl sites for hydroxylation is 1. The van der Waals surface area contributed by atoms with Gasteiger partial charge in [-0.15, -0.1) is 0 Å². The molecule has 1 fully saturated rings. The molecule has 1 atom stereocenters. The third-order valence-corrected chi connectivity index (χ3v) is 4.31. The zero-order valence-corrected chi connectivity index (χ0v) is 13.9. The normalized spacial score (nSPS) is 18.1. The van der Waals surface area contributed by atoms with Crippen molar-refractivity contribution in [3.05, 3.63) is 36.2 Å². The van der Waals surface area contributed by atoms with Gasteiger partial charge in [0, 0.05) is 48.5 Å². The van der Waals surface area contributed by atoms with E-state index in [0.29, 0.717) is 6.04 Å². The van der Waals surface area contributed by atoms with E-state index in [1.807, 2.05) is 31.5 Å². The van der Waals surface area contributed by atoms with E-state index in [1.54, 1.807) is 0 Å². The number of anilines is 3. The summed E-state index contributed by atoms with van der Waals surface area (Å²) in [5, 5.41) is 14.9. The predicted molar refractivity (Wildman–Crippen MR) is 95.8 cm³/mol. The van der Waals surface area contributed by atoms with Crippen LogP contribution in [0.2, 0.25) is 0 Å². The molecule has 0 saturated carbocycles. The highest BCUT2D eigenvalue weighted by atomic mass is 15.3. The van der Waals surface area contributed by atoms with Gasteiger partial charge in [-0.05, 0) is 32.0 Å². The molecule has 3 heterocycles. The first-order valence-corrected chi connectivity index (χ1v) is 8.21. The third-order valence-electron chi connectivity index (χ3n) is 4.31. The van der Waals surface area contributed by atoms with Crippen molar-refractivity contribution < 1.29 is 0 Å². The molecule has 3 aromatic rings. The van der Waals surface area contributed by atoms with Crippen LogP contribution >= 0.6 is 0 Å². The monoisotopic (exact) mass is 323 g/mol. The number of aromatic nitrogens is 4. The van der Waals surface area contributed by atoms with Crippen LogP contribution in [0.15, 0.2) is 30.6 Å². The molecule has 0 bridgehead atoms. The van der Waals surface area contributed by atoms with Crippen LogP contribution in [-0.4, -0.2) is 45.8 Å². The molecule has 7 nitrogen and oxygen atoms in total. The molecule has 1 aliphatic heterocycles. The van der Waals surface area contributed by atoms with Crippen molar-refractivity contribution in [3.63, 3.8) is 0 Å². The highest BCUT2D eigenvalue weighted by Gasteiger charge is 2.18. The molecular weight excluding hydrogens is 302 g/mol. The summed E-state index contributed by atoms with van der Waals surface area (Å²) in [6.07, 6.45) is 3.70. The summed E-state index contributed by atoms with van der Waals surface area (Å²) in [6, 6.07) is 6.55. The first kappa shape index (κ1) is 14.9. The van der Waals surface area contributed by atoms with Crippen LogP contribution in [-0.2, 0) is 0 Å². The smallest absolute Gasteiger partial charge is 0.227 e. The third kappa shape index (κ3) is 2.90. The number of hydrogen-bond acceptors (Lipinski definition) is 6. The van der Waals surface area contributed by atoms with E-state index in [9.17, 15) is 0 Å². The SMILES string of the molecule is Cc1cnc(N2CCNC(C)C2)nc1Nc1ccc2[nH]ncc2c1. The Balaban J connectivity index is 1.60. The molecule has 4 rings (SSSR count). The van der Waals surface area contributed by atoms with E-state index in [0.717, 1.165) is 53.6 Å². The van der Waals surface area contributed by atoms with Gasteiger partial charge < -0.3 is 15.5 Å². The molecule has 1 unspecified atom stereocenters. The summed E-state index contributed by atoms with van der Waals surface area (Å²) in [6.45, 7) is 7.00. The fourth-order valence-electron chi connectivity index (χ4n) is 2.98. The topological polar surface area (TPSA) is 81.8 Å². The van der Waals surface area contributed by atoms with Crippen molar-refractivity contribution in [1.82, 2.24) is 25.5 Å². The van der Waals surface area contributed by atoms with Crippen LogP contribution in [0.4, 0.5) is 17.5 Å². The minimum atomic E-state index is 0.448. The maximum absolute atomic E-state index is 4.75. The Morgan fingerprint density at radius 3 is 3.08 bits per heavy atom. The van der Waals surface area contributed by atoms with Crippen molar-refractivity contribution in [2.24, 2.45) is 0 Å². The largest absolute Gasteiger partial charge is 0.340 e. The average Bonchev–Trinajstić information content (AvgIpc) is 3.04. The molecule has 1 aliphatic rings. The molecule has 124 valence electrons. The molecule has 0 spiro atoms. The summed E-state index contributed by atoms with van der Waals surface area (Å²) in [4.78, 5) is 11.5. The lowest BCUT2D eigenvalue weighted by Gasteiger charge is -2.32. The van der Waals surface area contributed by atoms with Crippen LogP contribution in [0, 0.1) is 6.92 Å². The first-order valence-electron chi connectivity index (χ1n) is 8.21. The van der Waals surface area contributed by atoms with Crippen molar-refractivity contribution in [2.45, 2.75) is 19.9 Å². The Morgan fingerprint density at radius 2 is 2.21 bits per heavy atom. The van der Waals surface area contributed by atoms with Crippen LogP contribution in [0.1, 0.15) is 12.5 Å². The molecule has 24 heavy (non-hydrogen) atoms. The van der Waals surface area contributed by atoms with Gasteiger partial charge in [0.2, 0.25) is 5.95 Å². The highest BCUT2D eigenvalue weighted by molar-refractivity contribution is 5.82. The van der Waals surface area contributed by atoms with E-state index >= 15 is 0 Å². The first-order chi connectivity index (χ1) is 11.7. The number of benzene rings is 1. The fourth-order valence-corrected chi connectivity index (χ4v) is 2.98. The Morgan fingerprint density at radius 1 is 1.29 bits per heavy atom. The van der Waals surface area contributed by atoms with Crippen LogP contribution in [0.5, 0.6) is 0 Å². The maximum atomic E-state index is 4.75. The number of fused-ring (bicyclic) bond motifs is 1. The minimum Gasteiger partial charge on any atom is -0.340 e. The van der Waals surface area contributed by atoms with Gasteiger partial charge in [-0.1, -0.05) is 0 Å². The van der Waals surface area contributed by atoms with Crippen molar-refractivity contribution in [2.75, 3.05) is 29.9 Å².